The maximum Gasteiger partial charge on any atom is 0.205 e. The molecular formula is C27H28BrN7O2. The SMILES string of the molecule is CCCCc1nc2cc(Br)c(C(OC)OC)nc2n1Cc1ccc(-c2ccccc2-c2nn[nH]n2)cc1. The number of rotatable bonds is 10. The molecule has 0 fully saturated rings. The van der Waals surface area contributed by atoms with E-state index in [0.717, 1.165) is 63.0 Å². The third kappa shape index (κ3) is 5.18. The highest BCUT2D eigenvalue weighted by Gasteiger charge is 2.20. The highest BCUT2D eigenvalue weighted by molar-refractivity contribution is 9.10. The van der Waals surface area contributed by atoms with Gasteiger partial charge in [-0.1, -0.05) is 61.9 Å². The number of hydrogen-bond acceptors (Lipinski definition) is 7. The first-order valence-electron chi connectivity index (χ1n) is 12.2. The first kappa shape index (κ1) is 25.2. The summed E-state index contributed by atoms with van der Waals surface area (Å²) in [5.74, 6) is 1.59. The van der Waals surface area contributed by atoms with Crippen LogP contribution in [0.4, 0.5) is 0 Å². The van der Waals surface area contributed by atoms with Crippen LogP contribution in [0.15, 0.2) is 59.1 Å². The molecule has 9 nitrogen and oxygen atoms in total. The van der Waals surface area contributed by atoms with Crippen molar-refractivity contribution in [3.05, 3.63) is 76.2 Å². The van der Waals surface area contributed by atoms with Crippen LogP contribution in [0, 0.1) is 0 Å². The average Bonchev–Trinajstić information content (AvgIpc) is 3.57. The Labute approximate surface area is 223 Å². The molecule has 3 aromatic heterocycles. The molecule has 190 valence electrons. The molecule has 0 saturated carbocycles. The standard InChI is InChI=1S/C27H28BrN7O2/c1-4-5-10-23-29-22-15-21(28)24(27(36-2)37-3)30-26(22)35(23)16-17-11-13-18(14-12-17)19-8-6-7-9-20(19)25-31-33-34-32-25/h6-9,11-15,27H,4-5,10,16H2,1-3H3,(H,31,32,33,34). The zero-order chi connectivity index (χ0) is 25.8. The number of aromatic amines is 1. The Morgan fingerprint density at radius 1 is 1.00 bits per heavy atom. The minimum Gasteiger partial charge on any atom is -0.350 e. The smallest absolute Gasteiger partial charge is 0.205 e. The van der Waals surface area contributed by atoms with Gasteiger partial charge in [0.25, 0.3) is 0 Å². The van der Waals surface area contributed by atoms with E-state index in [1.807, 2.05) is 24.3 Å². The Morgan fingerprint density at radius 2 is 1.76 bits per heavy atom. The molecule has 0 atom stereocenters. The zero-order valence-electron chi connectivity index (χ0n) is 21.0. The monoisotopic (exact) mass is 561 g/mol. The fourth-order valence-electron chi connectivity index (χ4n) is 4.44. The van der Waals surface area contributed by atoms with E-state index in [-0.39, 0.29) is 0 Å². The number of fused-ring (bicyclic) bond motifs is 1. The molecule has 1 N–H and O–H groups in total. The minimum absolute atomic E-state index is 0.570. The summed E-state index contributed by atoms with van der Waals surface area (Å²) in [5.41, 5.74) is 6.56. The van der Waals surface area contributed by atoms with Crippen LogP contribution >= 0.6 is 15.9 Å². The molecule has 0 aliphatic heterocycles. The number of methoxy groups -OCH3 is 2. The summed E-state index contributed by atoms with van der Waals surface area (Å²) >= 11 is 3.62. The number of unbranched alkanes of at least 4 members (excludes halogenated alkanes) is 1. The van der Waals surface area contributed by atoms with Crippen LogP contribution in [0.25, 0.3) is 33.7 Å². The summed E-state index contributed by atoms with van der Waals surface area (Å²) in [6, 6.07) is 18.6. The van der Waals surface area contributed by atoms with Crippen molar-refractivity contribution in [1.29, 1.82) is 0 Å². The molecule has 0 saturated heterocycles. The van der Waals surface area contributed by atoms with E-state index in [2.05, 4.69) is 78.4 Å². The second kappa shape index (κ2) is 11.3. The number of imidazole rings is 1. The fraction of sp³-hybridized carbons (Fsp3) is 0.296. The average molecular weight is 562 g/mol. The maximum absolute atomic E-state index is 5.48. The van der Waals surface area contributed by atoms with Gasteiger partial charge in [0.2, 0.25) is 12.1 Å². The number of aromatic nitrogens is 7. The Kier molecular flexibility index (Phi) is 7.68. The van der Waals surface area contributed by atoms with Gasteiger partial charge in [-0.2, -0.15) is 5.21 Å². The van der Waals surface area contributed by atoms with Crippen LogP contribution in [0.5, 0.6) is 0 Å². The molecule has 3 heterocycles. The van der Waals surface area contributed by atoms with Gasteiger partial charge in [-0.3, -0.25) is 0 Å². The molecule has 0 radical (unpaired) electrons. The van der Waals surface area contributed by atoms with Gasteiger partial charge in [0.15, 0.2) is 5.65 Å². The lowest BCUT2D eigenvalue weighted by molar-refractivity contribution is -0.109. The Morgan fingerprint density at radius 3 is 2.43 bits per heavy atom. The third-order valence-corrected chi connectivity index (χ3v) is 6.94. The predicted molar refractivity (Wildman–Crippen MR) is 145 cm³/mol. The van der Waals surface area contributed by atoms with Gasteiger partial charge >= 0.3 is 0 Å². The van der Waals surface area contributed by atoms with Gasteiger partial charge in [-0.15, -0.1) is 10.2 Å². The second-order valence-electron chi connectivity index (χ2n) is 8.70. The Hall–Kier alpha value is -3.47. The first-order valence-corrected chi connectivity index (χ1v) is 13.0. The van der Waals surface area contributed by atoms with Gasteiger partial charge in [-0.25, -0.2) is 9.97 Å². The van der Waals surface area contributed by atoms with Gasteiger partial charge < -0.3 is 14.0 Å². The minimum atomic E-state index is -0.570. The number of H-pyrrole nitrogens is 1. The fourth-order valence-corrected chi connectivity index (χ4v) is 4.93. The number of benzene rings is 2. The largest absolute Gasteiger partial charge is 0.350 e. The Balaban J connectivity index is 1.51. The van der Waals surface area contributed by atoms with Gasteiger partial charge in [0.1, 0.15) is 17.0 Å². The summed E-state index contributed by atoms with van der Waals surface area (Å²) < 4.78 is 14.0. The van der Waals surface area contributed by atoms with Crippen LogP contribution in [0.1, 0.15) is 43.1 Å². The highest BCUT2D eigenvalue weighted by atomic mass is 79.9. The maximum atomic E-state index is 5.48. The van der Waals surface area contributed by atoms with Crippen molar-refractivity contribution < 1.29 is 9.47 Å². The molecule has 0 amide bonds. The number of nitrogens with one attached hydrogen (secondary N) is 1. The summed E-state index contributed by atoms with van der Waals surface area (Å²) in [6.45, 7) is 2.84. The molecule has 0 aliphatic rings. The number of pyridine rings is 1. The normalized spacial score (nSPS) is 11.6. The van der Waals surface area contributed by atoms with Crippen molar-refractivity contribution >= 4 is 27.1 Å². The molecule has 37 heavy (non-hydrogen) atoms. The molecule has 0 spiro atoms. The predicted octanol–water partition coefficient (Wildman–Crippen LogP) is 5.72. The summed E-state index contributed by atoms with van der Waals surface area (Å²) in [7, 11) is 3.21. The topological polar surface area (TPSA) is 104 Å². The number of nitrogens with zero attached hydrogens (tertiary/aromatic N) is 6. The van der Waals surface area contributed by atoms with Crippen molar-refractivity contribution in [1.82, 2.24) is 35.2 Å². The quantitative estimate of drug-likeness (QED) is 0.217. The molecule has 0 bridgehead atoms. The number of halogens is 1. The summed E-state index contributed by atoms with van der Waals surface area (Å²) in [6.07, 6.45) is 2.46. The van der Waals surface area contributed by atoms with Gasteiger partial charge in [0, 0.05) is 30.7 Å². The lowest BCUT2D eigenvalue weighted by Crippen LogP contribution is -2.10. The molecule has 0 aliphatic carbocycles. The van der Waals surface area contributed by atoms with E-state index < -0.39 is 6.29 Å². The molecular weight excluding hydrogens is 534 g/mol. The molecule has 5 rings (SSSR count). The lowest BCUT2D eigenvalue weighted by atomic mass is 9.98. The summed E-state index contributed by atoms with van der Waals surface area (Å²) in [5, 5.41) is 14.6. The van der Waals surface area contributed by atoms with Gasteiger partial charge in [-0.05, 0) is 50.3 Å². The van der Waals surface area contributed by atoms with Gasteiger partial charge in [0.05, 0.1) is 6.54 Å². The third-order valence-electron chi connectivity index (χ3n) is 6.30. The van der Waals surface area contributed by atoms with E-state index in [9.17, 15) is 0 Å². The van der Waals surface area contributed by atoms with Crippen molar-refractivity contribution in [2.75, 3.05) is 14.2 Å². The van der Waals surface area contributed by atoms with E-state index in [1.165, 1.54) is 0 Å². The van der Waals surface area contributed by atoms with Crippen molar-refractivity contribution in [3.8, 4) is 22.5 Å². The van der Waals surface area contributed by atoms with Crippen LogP contribution < -0.4 is 0 Å². The van der Waals surface area contributed by atoms with Crippen molar-refractivity contribution in [2.45, 2.75) is 39.0 Å². The van der Waals surface area contributed by atoms with Crippen LogP contribution in [0.3, 0.4) is 0 Å². The number of hydrogen-bond donors (Lipinski definition) is 1. The molecule has 5 aromatic rings. The van der Waals surface area contributed by atoms with Crippen LogP contribution in [0.2, 0.25) is 0 Å². The van der Waals surface area contributed by atoms with E-state index in [0.29, 0.717) is 18.1 Å². The van der Waals surface area contributed by atoms with E-state index >= 15 is 0 Å². The number of aryl methyl sites for hydroxylation is 1. The zero-order valence-corrected chi connectivity index (χ0v) is 22.6. The van der Waals surface area contributed by atoms with E-state index in [1.54, 1.807) is 14.2 Å². The number of ether oxygens (including phenoxy) is 2. The molecule has 10 heteroatoms. The highest BCUT2D eigenvalue weighted by Crippen LogP contribution is 2.31. The first-order chi connectivity index (χ1) is 18.1. The molecule has 2 aromatic carbocycles. The number of tetrazole rings is 1. The van der Waals surface area contributed by atoms with Crippen molar-refractivity contribution in [3.63, 3.8) is 0 Å². The van der Waals surface area contributed by atoms with Crippen molar-refractivity contribution in [2.24, 2.45) is 0 Å². The lowest BCUT2D eigenvalue weighted by Gasteiger charge is -2.15. The van der Waals surface area contributed by atoms with E-state index in [4.69, 9.17) is 19.4 Å². The molecule has 0 unspecified atom stereocenters. The van der Waals surface area contributed by atoms with Crippen LogP contribution in [-0.4, -0.2) is 49.4 Å². The Bertz CT molecular complexity index is 1480. The van der Waals surface area contributed by atoms with Crippen LogP contribution in [-0.2, 0) is 22.4 Å². The second-order valence-corrected chi connectivity index (χ2v) is 9.55. The summed E-state index contributed by atoms with van der Waals surface area (Å²) in [4.78, 5) is 9.86.